The number of anilines is 1. The summed E-state index contributed by atoms with van der Waals surface area (Å²) in [7, 11) is -4.03. The average molecular weight is 352 g/mol. The first-order chi connectivity index (χ1) is 11.3. The monoisotopic (exact) mass is 352 g/mol. The first-order valence-corrected chi connectivity index (χ1v) is 9.06. The van der Waals surface area contributed by atoms with E-state index in [1.807, 2.05) is 6.07 Å². The molecule has 5 nitrogen and oxygen atoms in total. The Labute approximate surface area is 137 Å². The van der Waals surface area contributed by atoms with Crippen LogP contribution in [0, 0.1) is 17.6 Å². The second kappa shape index (κ2) is 5.94. The highest BCUT2D eigenvalue weighted by Crippen LogP contribution is 2.47. The van der Waals surface area contributed by atoms with Gasteiger partial charge in [0.15, 0.2) is 9.84 Å². The molecule has 1 aliphatic carbocycles. The second-order valence-electron chi connectivity index (χ2n) is 5.77. The number of nitrogens with one attached hydrogen (secondary N) is 1. The molecule has 2 aromatic rings. The van der Waals surface area contributed by atoms with Crippen molar-refractivity contribution < 1.29 is 22.0 Å². The van der Waals surface area contributed by atoms with Crippen molar-refractivity contribution in [3.8, 4) is 0 Å². The predicted octanol–water partition coefficient (Wildman–Crippen LogP) is 2.51. The number of halogens is 2. The lowest BCUT2D eigenvalue weighted by Gasteiger charge is -2.08. The number of aromatic nitrogens is 1. The molecule has 0 aliphatic heterocycles. The zero-order chi connectivity index (χ0) is 17.5. The van der Waals surface area contributed by atoms with Gasteiger partial charge < -0.3 is 5.32 Å². The van der Waals surface area contributed by atoms with Crippen molar-refractivity contribution >= 4 is 21.4 Å². The topological polar surface area (TPSA) is 76.1 Å². The Bertz CT molecular complexity index is 878. The van der Waals surface area contributed by atoms with Gasteiger partial charge in [0.25, 0.3) is 0 Å². The first-order valence-electron chi connectivity index (χ1n) is 7.17. The van der Waals surface area contributed by atoms with Crippen LogP contribution in [-0.4, -0.2) is 25.6 Å². The normalized spacial score (nSPS) is 19.8. The molecule has 126 valence electrons. The molecule has 0 spiro atoms. The van der Waals surface area contributed by atoms with E-state index in [1.54, 1.807) is 18.5 Å². The number of sulfone groups is 1. The van der Waals surface area contributed by atoms with Gasteiger partial charge in [-0.15, -0.1) is 0 Å². The van der Waals surface area contributed by atoms with Gasteiger partial charge >= 0.3 is 0 Å². The number of pyridine rings is 1. The van der Waals surface area contributed by atoms with E-state index in [9.17, 15) is 22.0 Å². The molecule has 2 atom stereocenters. The van der Waals surface area contributed by atoms with E-state index < -0.39 is 26.4 Å². The Kier molecular flexibility index (Phi) is 4.08. The van der Waals surface area contributed by atoms with E-state index in [0.29, 0.717) is 6.42 Å². The molecule has 1 saturated carbocycles. The van der Waals surface area contributed by atoms with E-state index in [1.165, 1.54) is 0 Å². The number of amides is 1. The molecule has 0 radical (unpaired) electrons. The summed E-state index contributed by atoms with van der Waals surface area (Å²) in [6.07, 6.45) is 4.66. The van der Waals surface area contributed by atoms with E-state index in [-0.39, 0.29) is 23.4 Å². The summed E-state index contributed by atoms with van der Waals surface area (Å²) in [4.78, 5) is 15.2. The van der Waals surface area contributed by atoms with Crippen LogP contribution in [0.1, 0.15) is 17.9 Å². The molecule has 3 rings (SSSR count). The smallest absolute Gasteiger partial charge is 0.228 e. The van der Waals surface area contributed by atoms with Crippen LogP contribution in [0.2, 0.25) is 0 Å². The number of rotatable bonds is 4. The molecule has 8 heteroatoms. The maximum absolute atomic E-state index is 13.8. The minimum Gasteiger partial charge on any atom is -0.326 e. The minimum atomic E-state index is -4.03. The van der Waals surface area contributed by atoms with Gasteiger partial charge in [-0.1, -0.05) is 6.07 Å². The standard InChI is InChI=1S/C16H14F2N2O3S/c1-24(22,23)15-13(17)5-10(6-14(15)18)20-16(21)12-7-11(12)9-3-2-4-19-8-9/h2-6,8,11-12H,7H2,1H3,(H,20,21)/t11-,12-/m1/s1. The highest BCUT2D eigenvalue weighted by Gasteiger charge is 2.44. The Morgan fingerprint density at radius 1 is 1.29 bits per heavy atom. The van der Waals surface area contributed by atoms with Crippen LogP contribution in [0.25, 0.3) is 0 Å². The predicted molar refractivity (Wildman–Crippen MR) is 83.2 cm³/mol. The van der Waals surface area contributed by atoms with Crippen molar-refractivity contribution in [1.29, 1.82) is 0 Å². The number of hydrogen-bond acceptors (Lipinski definition) is 4. The molecule has 0 bridgehead atoms. The van der Waals surface area contributed by atoms with Gasteiger partial charge in [-0.3, -0.25) is 9.78 Å². The van der Waals surface area contributed by atoms with Gasteiger partial charge in [0.1, 0.15) is 16.5 Å². The summed E-state index contributed by atoms with van der Waals surface area (Å²) in [6.45, 7) is 0. The van der Waals surface area contributed by atoms with Gasteiger partial charge in [-0.05, 0) is 36.1 Å². The third kappa shape index (κ3) is 3.28. The molecular weight excluding hydrogens is 338 g/mol. The third-order valence-electron chi connectivity index (χ3n) is 3.88. The molecule has 0 saturated heterocycles. The Morgan fingerprint density at radius 3 is 2.50 bits per heavy atom. The van der Waals surface area contributed by atoms with Crippen LogP contribution < -0.4 is 5.32 Å². The largest absolute Gasteiger partial charge is 0.326 e. The summed E-state index contributed by atoms with van der Waals surface area (Å²) in [5.41, 5.74) is 0.821. The van der Waals surface area contributed by atoms with Gasteiger partial charge in [0, 0.05) is 30.3 Å². The van der Waals surface area contributed by atoms with Crippen molar-refractivity contribution in [3.63, 3.8) is 0 Å². The van der Waals surface area contributed by atoms with Gasteiger partial charge in [0.2, 0.25) is 5.91 Å². The van der Waals surface area contributed by atoms with Crippen molar-refractivity contribution in [2.75, 3.05) is 11.6 Å². The molecule has 1 amide bonds. The SMILES string of the molecule is CS(=O)(=O)c1c(F)cc(NC(=O)[C@@H]2C[C@@H]2c2cccnc2)cc1F. The number of benzene rings is 1. The molecule has 1 fully saturated rings. The Morgan fingerprint density at radius 2 is 1.96 bits per heavy atom. The van der Waals surface area contributed by atoms with E-state index in [2.05, 4.69) is 10.3 Å². The molecule has 0 unspecified atom stereocenters. The molecule has 1 aliphatic rings. The number of nitrogens with zero attached hydrogens (tertiary/aromatic N) is 1. The fourth-order valence-electron chi connectivity index (χ4n) is 2.67. The molecule has 1 N–H and O–H groups in total. The summed E-state index contributed by atoms with van der Waals surface area (Å²) in [6, 6.07) is 5.25. The fraction of sp³-hybridized carbons (Fsp3) is 0.250. The number of carbonyl (C=O) groups is 1. The molecule has 1 heterocycles. The van der Waals surface area contributed by atoms with Crippen LogP contribution >= 0.6 is 0 Å². The lowest BCUT2D eigenvalue weighted by atomic mass is 10.1. The van der Waals surface area contributed by atoms with Crippen LogP contribution in [0.3, 0.4) is 0 Å². The van der Waals surface area contributed by atoms with Crippen molar-refractivity contribution in [2.24, 2.45) is 5.92 Å². The summed E-state index contributed by atoms with van der Waals surface area (Å²) in [5, 5.41) is 2.43. The van der Waals surface area contributed by atoms with Gasteiger partial charge in [-0.2, -0.15) is 0 Å². The number of hydrogen-bond donors (Lipinski definition) is 1. The average Bonchev–Trinajstić information content (AvgIpc) is 3.26. The zero-order valence-electron chi connectivity index (χ0n) is 12.7. The van der Waals surface area contributed by atoms with Crippen molar-refractivity contribution in [2.45, 2.75) is 17.2 Å². The molecule has 1 aromatic carbocycles. The quantitative estimate of drug-likeness (QED) is 0.917. The molecule has 1 aromatic heterocycles. The van der Waals surface area contributed by atoms with E-state index in [0.717, 1.165) is 24.0 Å². The van der Waals surface area contributed by atoms with E-state index in [4.69, 9.17) is 0 Å². The Hall–Kier alpha value is -2.35. The van der Waals surface area contributed by atoms with Crippen molar-refractivity contribution in [3.05, 3.63) is 53.9 Å². The summed E-state index contributed by atoms with van der Waals surface area (Å²) in [5.74, 6) is -3.09. The van der Waals surface area contributed by atoms with Crippen LogP contribution in [0.5, 0.6) is 0 Å². The van der Waals surface area contributed by atoms with Crippen molar-refractivity contribution in [1.82, 2.24) is 4.98 Å². The Balaban J connectivity index is 1.75. The summed E-state index contributed by atoms with van der Waals surface area (Å²) >= 11 is 0. The van der Waals surface area contributed by atoms with E-state index >= 15 is 0 Å². The zero-order valence-corrected chi connectivity index (χ0v) is 13.5. The lowest BCUT2D eigenvalue weighted by Crippen LogP contribution is -2.15. The minimum absolute atomic E-state index is 0.0312. The fourth-order valence-corrected chi connectivity index (χ4v) is 3.50. The lowest BCUT2D eigenvalue weighted by molar-refractivity contribution is -0.117. The maximum Gasteiger partial charge on any atom is 0.228 e. The number of carbonyl (C=O) groups excluding carboxylic acids is 1. The van der Waals surface area contributed by atoms with Crippen LogP contribution in [0.15, 0.2) is 41.6 Å². The summed E-state index contributed by atoms with van der Waals surface area (Å²) < 4.78 is 50.4. The molecule has 24 heavy (non-hydrogen) atoms. The molecular formula is C16H14F2N2O3S. The van der Waals surface area contributed by atoms with Gasteiger partial charge in [0.05, 0.1) is 0 Å². The maximum atomic E-state index is 13.8. The first kappa shape index (κ1) is 16.5. The highest BCUT2D eigenvalue weighted by molar-refractivity contribution is 7.90. The van der Waals surface area contributed by atoms with Gasteiger partial charge in [-0.25, -0.2) is 17.2 Å². The second-order valence-corrected chi connectivity index (χ2v) is 7.72. The third-order valence-corrected chi connectivity index (χ3v) is 5.01. The highest BCUT2D eigenvalue weighted by atomic mass is 32.2. The van der Waals surface area contributed by atoms with Crippen LogP contribution in [0.4, 0.5) is 14.5 Å². The van der Waals surface area contributed by atoms with Crippen LogP contribution in [-0.2, 0) is 14.6 Å².